The molecular weight excluding hydrogens is 246 g/mol. The van der Waals surface area contributed by atoms with Crippen molar-refractivity contribution >= 4 is 29.5 Å². The van der Waals surface area contributed by atoms with Gasteiger partial charge in [-0.3, -0.25) is 9.78 Å². The number of nitrogens with zero attached hydrogens (tertiary/aromatic N) is 1. The number of nitrogens with two attached hydrogens (primary N) is 1. The highest BCUT2D eigenvalue weighted by atomic mass is 32.2. The molecule has 2 rings (SSSR count). The van der Waals surface area contributed by atoms with E-state index >= 15 is 0 Å². The van der Waals surface area contributed by atoms with Crippen molar-refractivity contribution in [3.63, 3.8) is 0 Å². The lowest BCUT2D eigenvalue weighted by molar-refractivity contribution is -0.105. The minimum Gasteiger partial charge on any atom is -0.398 e. The molecule has 0 unspecified atom stereocenters. The van der Waals surface area contributed by atoms with Crippen LogP contribution in [0.25, 0.3) is 0 Å². The van der Waals surface area contributed by atoms with Crippen LogP contribution in [0.1, 0.15) is 5.56 Å². The van der Waals surface area contributed by atoms with Crippen molar-refractivity contribution in [2.24, 2.45) is 0 Å². The first-order valence-corrected chi connectivity index (χ1v) is 6.39. The molecule has 3 N–H and O–H groups in total. The van der Waals surface area contributed by atoms with Crippen molar-refractivity contribution in [1.29, 1.82) is 0 Å². The fraction of sp³-hybridized carbons (Fsp3) is 0.0769. The number of aromatic nitrogens is 1. The molecule has 92 valence electrons. The molecule has 2 aromatic rings. The molecule has 5 heteroatoms. The molecule has 0 aliphatic heterocycles. The molecule has 0 saturated heterocycles. The van der Waals surface area contributed by atoms with Gasteiger partial charge in [0.05, 0.1) is 0 Å². The predicted octanol–water partition coefficient (Wildman–Crippen LogP) is 2.52. The summed E-state index contributed by atoms with van der Waals surface area (Å²) in [6.45, 7) is 0. The zero-order valence-electron chi connectivity index (χ0n) is 9.67. The van der Waals surface area contributed by atoms with Gasteiger partial charge in [0.15, 0.2) is 0 Å². The molecular formula is C13H13N3OS. The summed E-state index contributed by atoms with van der Waals surface area (Å²) >= 11 is 1.62. The topological polar surface area (TPSA) is 68.0 Å². The number of pyridine rings is 1. The summed E-state index contributed by atoms with van der Waals surface area (Å²) in [4.78, 5) is 15.4. The summed E-state index contributed by atoms with van der Waals surface area (Å²) in [5, 5.41) is 2.63. The maximum atomic E-state index is 10.4. The minimum absolute atomic E-state index is 0.672. The van der Waals surface area contributed by atoms with E-state index in [0.717, 1.165) is 27.6 Å². The average molecular weight is 259 g/mol. The van der Waals surface area contributed by atoms with E-state index < -0.39 is 0 Å². The monoisotopic (exact) mass is 259 g/mol. The molecule has 0 aliphatic carbocycles. The Balaban J connectivity index is 2.04. The first-order valence-electron chi connectivity index (χ1n) is 5.41. The minimum atomic E-state index is 0.672. The third-order valence-corrected chi connectivity index (χ3v) is 3.49. The molecule has 0 fully saturated rings. The molecule has 18 heavy (non-hydrogen) atoms. The number of nitrogens with one attached hydrogen (secondary N) is 1. The Morgan fingerprint density at radius 1 is 1.39 bits per heavy atom. The summed E-state index contributed by atoms with van der Waals surface area (Å²) < 4.78 is 0. The van der Waals surface area contributed by atoms with Crippen LogP contribution in [0.3, 0.4) is 0 Å². The Bertz CT molecular complexity index is 545. The van der Waals surface area contributed by atoms with Crippen molar-refractivity contribution in [3.05, 3.63) is 48.3 Å². The van der Waals surface area contributed by atoms with Gasteiger partial charge in [-0.2, -0.15) is 0 Å². The quantitative estimate of drug-likeness (QED) is 0.639. The molecule has 0 atom stereocenters. The highest BCUT2D eigenvalue weighted by Gasteiger charge is 2.01. The van der Waals surface area contributed by atoms with E-state index in [1.807, 2.05) is 24.3 Å². The molecule has 1 amide bonds. The van der Waals surface area contributed by atoms with Crippen LogP contribution < -0.4 is 11.1 Å². The Hall–Kier alpha value is -2.01. The van der Waals surface area contributed by atoms with Crippen molar-refractivity contribution < 1.29 is 4.79 Å². The SMILES string of the molecule is Nc1ccncc1SCc1cccc(NC=O)c1. The molecule has 4 nitrogen and oxygen atoms in total. The Morgan fingerprint density at radius 2 is 2.28 bits per heavy atom. The lowest BCUT2D eigenvalue weighted by atomic mass is 10.2. The van der Waals surface area contributed by atoms with Gasteiger partial charge in [-0.25, -0.2) is 0 Å². The van der Waals surface area contributed by atoms with Crippen molar-refractivity contribution in [2.75, 3.05) is 11.1 Å². The second-order valence-corrected chi connectivity index (χ2v) is 4.68. The van der Waals surface area contributed by atoms with Gasteiger partial charge >= 0.3 is 0 Å². The second-order valence-electron chi connectivity index (χ2n) is 3.66. The van der Waals surface area contributed by atoms with Gasteiger partial charge in [0, 0.05) is 34.4 Å². The van der Waals surface area contributed by atoms with Gasteiger partial charge in [0.25, 0.3) is 0 Å². The van der Waals surface area contributed by atoms with Crippen molar-refractivity contribution in [1.82, 2.24) is 4.98 Å². The lowest BCUT2D eigenvalue weighted by Gasteiger charge is -2.06. The predicted molar refractivity (Wildman–Crippen MR) is 74.3 cm³/mol. The molecule has 0 spiro atoms. The van der Waals surface area contributed by atoms with Crippen LogP contribution in [0, 0.1) is 0 Å². The van der Waals surface area contributed by atoms with E-state index in [1.54, 1.807) is 30.2 Å². The Labute approximate surface area is 110 Å². The molecule has 1 aromatic heterocycles. The average Bonchev–Trinajstić information content (AvgIpc) is 2.39. The van der Waals surface area contributed by atoms with Crippen LogP contribution in [0.15, 0.2) is 47.6 Å². The number of amides is 1. The number of carbonyl (C=O) groups excluding carboxylic acids is 1. The second kappa shape index (κ2) is 6.07. The van der Waals surface area contributed by atoms with Gasteiger partial charge in [0.1, 0.15) is 0 Å². The molecule has 0 saturated carbocycles. The number of hydrogen-bond donors (Lipinski definition) is 2. The zero-order valence-corrected chi connectivity index (χ0v) is 10.5. The van der Waals surface area contributed by atoms with Crippen LogP contribution in [0.2, 0.25) is 0 Å². The first-order chi connectivity index (χ1) is 8.79. The van der Waals surface area contributed by atoms with Gasteiger partial charge < -0.3 is 11.1 Å². The number of nitrogen functional groups attached to an aromatic ring is 1. The first kappa shape index (κ1) is 12.4. The standard InChI is InChI=1S/C13H13N3OS/c14-12-4-5-15-7-13(12)18-8-10-2-1-3-11(6-10)16-9-17/h1-7,9H,8H2,(H2,14,15)(H,16,17). The zero-order chi connectivity index (χ0) is 12.8. The van der Waals surface area contributed by atoms with Gasteiger partial charge in [0.2, 0.25) is 6.41 Å². The Kier molecular flexibility index (Phi) is 4.20. The van der Waals surface area contributed by atoms with E-state index in [-0.39, 0.29) is 0 Å². The molecule has 0 aliphatic rings. The normalized spacial score (nSPS) is 10.0. The van der Waals surface area contributed by atoms with E-state index in [1.165, 1.54) is 0 Å². The van der Waals surface area contributed by atoms with Gasteiger partial charge in [-0.15, -0.1) is 11.8 Å². The number of benzene rings is 1. The molecule has 0 radical (unpaired) electrons. The van der Waals surface area contributed by atoms with Crippen LogP contribution in [-0.2, 0) is 10.5 Å². The molecule has 1 aromatic carbocycles. The largest absolute Gasteiger partial charge is 0.398 e. The Morgan fingerprint density at radius 3 is 3.06 bits per heavy atom. The highest BCUT2D eigenvalue weighted by molar-refractivity contribution is 7.98. The van der Waals surface area contributed by atoms with Gasteiger partial charge in [-0.1, -0.05) is 12.1 Å². The number of thioether (sulfide) groups is 1. The smallest absolute Gasteiger partial charge is 0.211 e. The lowest BCUT2D eigenvalue weighted by Crippen LogP contribution is -1.94. The number of carbonyl (C=O) groups is 1. The highest BCUT2D eigenvalue weighted by Crippen LogP contribution is 2.27. The molecule has 0 bridgehead atoms. The van der Waals surface area contributed by atoms with Crippen molar-refractivity contribution in [3.8, 4) is 0 Å². The van der Waals surface area contributed by atoms with Crippen LogP contribution in [0.5, 0.6) is 0 Å². The third kappa shape index (κ3) is 3.24. The third-order valence-electron chi connectivity index (χ3n) is 2.36. The fourth-order valence-electron chi connectivity index (χ4n) is 1.49. The van der Waals surface area contributed by atoms with Gasteiger partial charge in [-0.05, 0) is 23.8 Å². The van der Waals surface area contributed by atoms with Crippen molar-refractivity contribution in [2.45, 2.75) is 10.6 Å². The van der Waals surface area contributed by atoms with E-state index in [9.17, 15) is 4.79 Å². The summed E-state index contributed by atoms with van der Waals surface area (Å²) in [6, 6.07) is 9.49. The van der Waals surface area contributed by atoms with Crippen LogP contribution in [-0.4, -0.2) is 11.4 Å². The van der Waals surface area contributed by atoms with Crippen LogP contribution >= 0.6 is 11.8 Å². The maximum absolute atomic E-state index is 10.4. The summed E-state index contributed by atoms with van der Waals surface area (Å²) in [5.41, 5.74) is 8.49. The number of anilines is 2. The van der Waals surface area contributed by atoms with E-state index in [2.05, 4.69) is 10.3 Å². The molecule has 1 heterocycles. The fourth-order valence-corrected chi connectivity index (χ4v) is 2.36. The summed E-state index contributed by atoms with van der Waals surface area (Å²) in [7, 11) is 0. The van der Waals surface area contributed by atoms with E-state index in [0.29, 0.717) is 6.41 Å². The number of rotatable bonds is 5. The maximum Gasteiger partial charge on any atom is 0.211 e. The number of hydrogen-bond acceptors (Lipinski definition) is 4. The summed E-state index contributed by atoms with van der Waals surface area (Å²) in [6.07, 6.45) is 4.10. The van der Waals surface area contributed by atoms with Crippen LogP contribution in [0.4, 0.5) is 11.4 Å². The summed E-state index contributed by atoms with van der Waals surface area (Å²) in [5.74, 6) is 0.782. The van der Waals surface area contributed by atoms with E-state index in [4.69, 9.17) is 5.73 Å².